The van der Waals surface area contributed by atoms with Crippen molar-refractivity contribution < 1.29 is 19.7 Å². The Balaban J connectivity index is 2.36. The second-order valence-corrected chi connectivity index (χ2v) is 3.02. The molecule has 0 aliphatic carbocycles. The van der Waals surface area contributed by atoms with Gasteiger partial charge in [-0.05, 0) is 13.8 Å². The van der Waals surface area contributed by atoms with Crippen molar-refractivity contribution in [1.29, 1.82) is 0 Å². The Hall–Kier alpha value is -0.160. The average Bonchev–Trinajstić information content (AvgIpc) is 2.30. The van der Waals surface area contributed by atoms with Crippen LogP contribution >= 0.6 is 0 Å². The minimum atomic E-state index is -0.813. The van der Waals surface area contributed by atoms with Crippen LogP contribution in [0.4, 0.5) is 0 Å². The van der Waals surface area contributed by atoms with Crippen LogP contribution < -0.4 is 0 Å². The highest BCUT2D eigenvalue weighted by atomic mass is 16.6. The summed E-state index contributed by atoms with van der Waals surface area (Å²) in [5.74, 6) is 0. The molecule has 2 N–H and O–H groups in total. The fraction of sp³-hybridized carbons (Fsp3) is 1.00. The molecule has 0 amide bonds. The average molecular weight is 176 g/mol. The lowest BCUT2D eigenvalue weighted by molar-refractivity contribution is -0.0382. The van der Waals surface area contributed by atoms with E-state index in [2.05, 4.69) is 0 Å². The van der Waals surface area contributed by atoms with Gasteiger partial charge in [0.1, 0.15) is 18.3 Å². The van der Waals surface area contributed by atoms with Gasteiger partial charge in [-0.25, -0.2) is 0 Å². The smallest absolute Gasteiger partial charge is 0.111 e. The third-order valence-electron chi connectivity index (χ3n) is 2.09. The molecule has 0 saturated carbocycles. The van der Waals surface area contributed by atoms with E-state index in [0.29, 0.717) is 13.2 Å². The highest BCUT2D eigenvalue weighted by molar-refractivity contribution is 4.88. The van der Waals surface area contributed by atoms with Crippen molar-refractivity contribution in [2.24, 2.45) is 0 Å². The molecular weight excluding hydrogens is 160 g/mol. The van der Waals surface area contributed by atoms with Crippen LogP contribution in [0.2, 0.25) is 0 Å². The molecule has 0 spiro atoms. The van der Waals surface area contributed by atoms with Gasteiger partial charge < -0.3 is 19.7 Å². The van der Waals surface area contributed by atoms with Gasteiger partial charge in [0.2, 0.25) is 0 Å². The molecule has 1 fully saturated rings. The Morgan fingerprint density at radius 2 is 2.00 bits per heavy atom. The minimum absolute atomic E-state index is 0.301. The fourth-order valence-corrected chi connectivity index (χ4v) is 1.31. The molecule has 0 radical (unpaired) electrons. The summed E-state index contributed by atoms with van der Waals surface area (Å²) in [4.78, 5) is 0. The summed E-state index contributed by atoms with van der Waals surface area (Å²) in [5.41, 5.74) is 0. The number of aliphatic hydroxyl groups excluding tert-OH is 2. The van der Waals surface area contributed by atoms with Crippen molar-refractivity contribution in [3.05, 3.63) is 0 Å². The van der Waals surface area contributed by atoms with Crippen molar-refractivity contribution >= 4 is 0 Å². The second kappa shape index (κ2) is 4.18. The van der Waals surface area contributed by atoms with Gasteiger partial charge in [0.05, 0.1) is 12.7 Å². The van der Waals surface area contributed by atoms with Crippen LogP contribution in [0, 0.1) is 0 Å². The first-order valence-electron chi connectivity index (χ1n) is 4.26. The molecule has 4 nitrogen and oxygen atoms in total. The summed E-state index contributed by atoms with van der Waals surface area (Å²) in [6.07, 6.45) is -2.28. The van der Waals surface area contributed by atoms with E-state index in [1.54, 1.807) is 6.92 Å². The second-order valence-electron chi connectivity index (χ2n) is 3.02. The Labute approximate surface area is 72.1 Å². The molecule has 0 aromatic rings. The van der Waals surface area contributed by atoms with E-state index in [9.17, 15) is 10.2 Å². The number of rotatable bonds is 3. The van der Waals surface area contributed by atoms with Gasteiger partial charge in [0.25, 0.3) is 0 Å². The lowest BCUT2D eigenvalue weighted by atomic mass is 10.1. The van der Waals surface area contributed by atoms with Crippen LogP contribution in [0.15, 0.2) is 0 Å². The number of hydrogen-bond acceptors (Lipinski definition) is 4. The predicted molar refractivity (Wildman–Crippen MR) is 42.8 cm³/mol. The zero-order valence-electron chi connectivity index (χ0n) is 7.43. The summed E-state index contributed by atoms with van der Waals surface area (Å²) in [6, 6.07) is 0. The van der Waals surface area contributed by atoms with Gasteiger partial charge in [-0.2, -0.15) is 0 Å². The lowest BCUT2D eigenvalue weighted by Crippen LogP contribution is -2.33. The largest absolute Gasteiger partial charge is 0.388 e. The summed E-state index contributed by atoms with van der Waals surface area (Å²) >= 11 is 0. The summed E-state index contributed by atoms with van der Waals surface area (Å²) in [5, 5.41) is 18.7. The van der Waals surface area contributed by atoms with Crippen molar-refractivity contribution in [3.8, 4) is 0 Å². The third-order valence-corrected chi connectivity index (χ3v) is 2.09. The van der Waals surface area contributed by atoms with Crippen molar-refractivity contribution in [3.63, 3.8) is 0 Å². The monoisotopic (exact) mass is 176 g/mol. The van der Waals surface area contributed by atoms with E-state index < -0.39 is 12.2 Å². The summed E-state index contributed by atoms with van der Waals surface area (Å²) < 4.78 is 10.4. The van der Waals surface area contributed by atoms with Gasteiger partial charge in [-0.1, -0.05) is 0 Å². The fourth-order valence-electron chi connectivity index (χ4n) is 1.31. The highest BCUT2D eigenvalue weighted by Crippen LogP contribution is 2.20. The number of ether oxygens (including phenoxy) is 2. The molecule has 1 unspecified atom stereocenters. The normalized spacial score (nSPS) is 42.0. The van der Waals surface area contributed by atoms with E-state index in [1.165, 1.54) is 0 Å². The first kappa shape index (κ1) is 9.92. The van der Waals surface area contributed by atoms with Crippen LogP contribution in [-0.2, 0) is 9.47 Å². The van der Waals surface area contributed by atoms with Gasteiger partial charge in [-0.3, -0.25) is 0 Å². The Kier molecular flexibility index (Phi) is 3.46. The first-order valence-corrected chi connectivity index (χ1v) is 4.26. The van der Waals surface area contributed by atoms with Crippen LogP contribution in [0.25, 0.3) is 0 Å². The van der Waals surface area contributed by atoms with Gasteiger partial charge in [0, 0.05) is 6.61 Å². The molecule has 1 aliphatic heterocycles. The standard InChI is InChI=1S/C8H16O4/c1-3-11-4-6-8(10)7(9)5(2)12-6/h5-10H,3-4H2,1-2H3/t5-,6+,7?,8-/m0/s1. The number of hydrogen-bond donors (Lipinski definition) is 2. The topological polar surface area (TPSA) is 58.9 Å². The molecular formula is C8H16O4. The molecule has 1 aliphatic rings. The van der Waals surface area contributed by atoms with E-state index in [-0.39, 0.29) is 12.2 Å². The molecule has 4 atom stereocenters. The SMILES string of the molecule is CCOC[C@H]1O[C@@H](C)C(O)[C@H]1O. The summed E-state index contributed by atoms with van der Waals surface area (Å²) in [7, 11) is 0. The molecule has 72 valence electrons. The maximum atomic E-state index is 9.40. The molecule has 0 aromatic heterocycles. The number of aliphatic hydroxyl groups is 2. The zero-order valence-corrected chi connectivity index (χ0v) is 7.43. The maximum absolute atomic E-state index is 9.40. The van der Waals surface area contributed by atoms with Crippen molar-refractivity contribution in [2.45, 2.75) is 38.3 Å². The van der Waals surface area contributed by atoms with Crippen molar-refractivity contribution in [1.82, 2.24) is 0 Å². The Morgan fingerprint density at radius 3 is 2.42 bits per heavy atom. The van der Waals surface area contributed by atoms with E-state index in [1.807, 2.05) is 6.92 Å². The Morgan fingerprint density at radius 1 is 1.33 bits per heavy atom. The molecule has 1 rings (SSSR count). The molecule has 12 heavy (non-hydrogen) atoms. The van der Waals surface area contributed by atoms with Gasteiger partial charge in [-0.15, -0.1) is 0 Å². The van der Waals surface area contributed by atoms with Crippen LogP contribution in [-0.4, -0.2) is 47.8 Å². The maximum Gasteiger partial charge on any atom is 0.111 e. The Bertz CT molecular complexity index is 139. The first-order chi connectivity index (χ1) is 5.66. The molecule has 0 bridgehead atoms. The molecule has 0 aromatic carbocycles. The lowest BCUT2D eigenvalue weighted by Gasteiger charge is -2.13. The van der Waals surface area contributed by atoms with Gasteiger partial charge in [0.15, 0.2) is 0 Å². The van der Waals surface area contributed by atoms with Gasteiger partial charge >= 0.3 is 0 Å². The quantitative estimate of drug-likeness (QED) is 0.610. The summed E-state index contributed by atoms with van der Waals surface area (Å²) in [6.45, 7) is 4.55. The minimum Gasteiger partial charge on any atom is -0.388 e. The zero-order chi connectivity index (χ0) is 9.14. The van der Waals surface area contributed by atoms with E-state index in [0.717, 1.165) is 0 Å². The van der Waals surface area contributed by atoms with Crippen molar-refractivity contribution in [2.75, 3.05) is 13.2 Å². The van der Waals surface area contributed by atoms with E-state index >= 15 is 0 Å². The van der Waals surface area contributed by atoms with E-state index in [4.69, 9.17) is 9.47 Å². The van der Waals surface area contributed by atoms with Crippen LogP contribution in [0.1, 0.15) is 13.8 Å². The van der Waals surface area contributed by atoms with Crippen LogP contribution in [0.5, 0.6) is 0 Å². The predicted octanol–water partition coefficient (Wildman–Crippen LogP) is -0.468. The third kappa shape index (κ3) is 1.95. The highest BCUT2D eigenvalue weighted by Gasteiger charge is 2.39. The molecule has 4 heteroatoms. The molecule has 1 heterocycles. The molecule has 1 saturated heterocycles. The van der Waals surface area contributed by atoms with Crippen LogP contribution in [0.3, 0.4) is 0 Å².